The van der Waals surface area contributed by atoms with Crippen LogP contribution >= 0.6 is 22.6 Å². The Balaban J connectivity index is 1.82. The molecule has 124 valence electrons. The highest BCUT2D eigenvalue weighted by molar-refractivity contribution is 14.1. The average Bonchev–Trinajstić information content (AvgIpc) is 2.60. The fraction of sp³-hybridized carbons (Fsp3) is 0.118. The maximum atomic E-state index is 12.0. The Bertz CT molecular complexity index is 762. The van der Waals surface area contributed by atoms with Crippen LogP contribution in [-0.4, -0.2) is 31.7 Å². The van der Waals surface area contributed by atoms with E-state index in [1.165, 1.54) is 6.21 Å². The number of hydrogen-bond donors (Lipinski definition) is 2. The number of halogens is 1. The van der Waals surface area contributed by atoms with Crippen LogP contribution < -0.4 is 15.5 Å². The molecule has 6 nitrogen and oxygen atoms in total. The van der Waals surface area contributed by atoms with Crippen LogP contribution in [0.4, 0.5) is 0 Å². The zero-order valence-corrected chi connectivity index (χ0v) is 15.1. The molecule has 0 heterocycles. The molecule has 0 fully saturated rings. The minimum absolute atomic E-state index is 0.154. The molecule has 0 aliphatic rings. The molecule has 0 saturated carbocycles. The van der Waals surface area contributed by atoms with Crippen LogP contribution in [-0.2, 0) is 4.79 Å². The Morgan fingerprint density at radius 3 is 2.75 bits per heavy atom. The van der Waals surface area contributed by atoms with Crippen LogP contribution in [0.3, 0.4) is 0 Å². The molecule has 0 bridgehead atoms. The number of nitrogens with zero attached hydrogens (tertiary/aromatic N) is 1. The van der Waals surface area contributed by atoms with Gasteiger partial charge in [-0.25, -0.2) is 5.43 Å². The van der Waals surface area contributed by atoms with E-state index in [0.717, 1.165) is 9.13 Å². The molecule has 0 saturated heterocycles. The second kappa shape index (κ2) is 9.02. The van der Waals surface area contributed by atoms with Crippen LogP contribution in [0.1, 0.15) is 15.9 Å². The molecule has 7 heteroatoms. The molecule has 0 spiro atoms. The van der Waals surface area contributed by atoms with Crippen molar-refractivity contribution in [1.29, 1.82) is 0 Å². The topological polar surface area (TPSA) is 79.8 Å². The van der Waals surface area contributed by atoms with Crippen LogP contribution in [0.15, 0.2) is 53.6 Å². The number of benzene rings is 2. The number of nitrogens with one attached hydrogen (secondary N) is 2. The van der Waals surface area contributed by atoms with E-state index in [2.05, 4.69) is 38.4 Å². The Hall–Kier alpha value is -2.42. The normalized spacial score (nSPS) is 10.4. The molecule has 2 N–H and O–H groups in total. The molecule has 24 heavy (non-hydrogen) atoms. The average molecular weight is 437 g/mol. The second-order valence-electron chi connectivity index (χ2n) is 4.73. The fourth-order valence-corrected chi connectivity index (χ4v) is 2.47. The van der Waals surface area contributed by atoms with E-state index < -0.39 is 5.91 Å². The van der Waals surface area contributed by atoms with Crippen molar-refractivity contribution in [3.8, 4) is 5.75 Å². The smallest absolute Gasteiger partial charge is 0.259 e. The summed E-state index contributed by atoms with van der Waals surface area (Å²) in [5, 5.41) is 6.41. The van der Waals surface area contributed by atoms with Crippen molar-refractivity contribution in [3.63, 3.8) is 0 Å². The third-order valence-electron chi connectivity index (χ3n) is 3.02. The molecular weight excluding hydrogens is 421 g/mol. The van der Waals surface area contributed by atoms with Crippen LogP contribution in [0.5, 0.6) is 5.75 Å². The Morgan fingerprint density at radius 2 is 2.00 bits per heavy atom. The summed E-state index contributed by atoms with van der Waals surface area (Å²) in [6, 6.07) is 14.4. The summed E-state index contributed by atoms with van der Waals surface area (Å²) in [6.07, 6.45) is 1.50. The lowest BCUT2D eigenvalue weighted by Crippen LogP contribution is -2.35. The number of rotatable bonds is 6. The summed E-state index contributed by atoms with van der Waals surface area (Å²) in [4.78, 5) is 23.7. The lowest BCUT2D eigenvalue weighted by atomic mass is 10.2. The molecule has 0 radical (unpaired) electrons. The minimum Gasteiger partial charge on any atom is -0.497 e. The molecule has 0 unspecified atom stereocenters. The lowest BCUT2D eigenvalue weighted by molar-refractivity contribution is -0.120. The first-order chi connectivity index (χ1) is 11.6. The quantitative estimate of drug-likeness (QED) is 0.413. The predicted molar refractivity (Wildman–Crippen MR) is 100 cm³/mol. The Kier molecular flexibility index (Phi) is 6.74. The summed E-state index contributed by atoms with van der Waals surface area (Å²) in [7, 11) is 1.58. The van der Waals surface area contributed by atoms with Gasteiger partial charge in [0.2, 0.25) is 0 Å². The van der Waals surface area contributed by atoms with Gasteiger partial charge in [-0.05, 0) is 52.4 Å². The first-order valence-electron chi connectivity index (χ1n) is 7.09. The third-order valence-corrected chi connectivity index (χ3v) is 3.97. The number of carbonyl (C=O) groups is 2. The maximum Gasteiger partial charge on any atom is 0.259 e. The molecule has 0 aliphatic heterocycles. The SMILES string of the molecule is COc1cccc(C=NNC(=O)CNC(=O)c2ccccc2I)c1. The van der Waals surface area contributed by atoms with Gasteiger partial charge in [0, 0.05) is 3.57 Å². The van der Waals surface area contributed by atoms with Crippen molar-refractivity contribution >= 4 is 40.6 Å². The molecule has 0 aliphatic carbocycles. The molecule has 2 amide bonds. The van der Waals surface area contributed by atoms with Crippen LogP contribution in [0, 0.1) is 3.57 Å². The highest BCUT2D eigenvalue weighted by Gasteiger charge is 2.10. The van der Waals surface area contributed by atoms with Gasteiger partial charge in [-0.15, -0.1) is 0 Å². The standard InChI is InChI=1S/C17H16IN3O3/c1-24-13-6-4-5-12(9-13)10-20-21-16(22)11-19-17(23)14-7-2-3-8-15(14)18/h2-10H,11H2,1H3,(H,19,23)(H,21,22). The fourth-order valence-electron chi connectivity index (χ4n) is 1.84. The van der Waals surface area contributed by atoms with Gasteiger partial charge in [-0.1, -0.05) is 24.3 Å². The minimum atomic E-state index is -0.409. The first-order valence-corrected chi connectivity index (χ1v) is 8.16. The maximum absolute atomic E-state index is 12.0. The zero-order valence-electron chi connectivity index (χ0n) is 13.0. The van der Waals surface area contributed by atoms with E-state index >= 15 is 0 Å². The van der Waals surface area contributed by atoms with Crippen molar-refractivity contribution in [2.24, 2.45) is 5.10 Å². The van der Waals surface area contributed by atoms with E-state index in [-0.39, 0.29) is 12.5 Å². The highest BCUT2D eigenvalue weighted by atomic mass is 127. The lowest BCUT2D eigenvalue weighted by Gasteiger charge is -2.05. The first kappa shape index (κ1) is 17.9. The van der Waals surface area contributed by atoms with E-state index in [9.17, 15) is 9.59 Å². The largest absolute Gasteiger partial charge is 0.497 e. The summed E-state index contributed by atoms with van der Waals surface area (Å²) < 4.78 is 5.92. The Labute approximate surface area is 153 Å². The molecule has 0 aromatic heterocycles. The van der Waals surface area contributed by atoms with Crippen molar-refractivity contribution in [2.75, 3.05) is 13.7 Å². The number of hydrogen-bond acceptors (Lipinski definition) is 4. The predicted octanol–water partition coefficient (Wildman–Crippen LogP) is 2.18. The van der Waals surface area contributed by atoms with E-state index in [4.69, 9.17) is 4.74 Å². The van der Waals surface area contributed by atoms with Gasteiger partial charge in [0.05, 0.1) is 25.4 Å². The number of hydrazone groups is 1. The second-order valence-corrected chi connectivity index (χ2v) is 5.89. The highest BCUT2D eigenvalue weighted by Crippen LogP contribution is 2.11. The van der Waals surface area contributed by atoms with Gasteiger partial charge < -0.3 is 10.1 Å². The molecule has 0 atom stereocenters. The third kappa shape index (κ3) is 5.34. The summed E-state index contributed by atoms with van der Waals surface area (Å²) in [5.74, 6) is -0.00429. The monoisotopic (exact) mass is 437 g/mol. The molecule has 2 aromatic carbocycles. The summed E-state index contributed by atoms with van der Waals surface area (Å²) in [6.45, 7) is -0.154. The van der Waals surface area contributed by atoms with Crippen LogP contribution in [0.25, 0.3) is 0 Å². The van der Waals surface area contributed by atoms with Gasteiger partial charge in [0.25, 0.3) is 11.8 Å². The summed E-state index contributed by atoms with van der Waals surface area (Å²) >= 11 is 2.07. The van der Waals surface area contributed by atoms with Gasteiger partial charge >= 0.3 is 0 Å². The van der Waals surface area contributed by atoms with Crippen molar-refractivity contribution in [3.05, 3.63) is 63.2 Å². The van der Waals surface area contributed by atoms with Crippen molar-refractivity contribution in [1.82, 2.24) is 10.7 Å². The molecular formula is C17H16IN3O3. The summed E-state index contributed by atoms with van der Waals surface area (Å²) in [5.41, 5.74) is 3.69. The number of carbonyl (C=O) groups excluding carboxylic acids is 2. The van der Waals surface area contributed by atoms with Gasteiger partial charge in [-0.2, -0.15) is 5.10 Å². The van der Waals surface area contributed by atoms with E-state index in [0.29, 0.717) is 11.3 Å². The van der Waals surface area contributed by atoms with Gasteiger partial charge in [-0.3, -0.25) is 9.59 Å². The molecule has 2 aromatic rings. The van der Waals surface area contributed by atoms with Crippen molar-refractivity contribution < 1.29 is 14.3 Å². The van der Waals surface area contributed by atoms with Gasteiger partial charge in [0.1, 0.15) is 5.75 Å². The number of ether oxygens (including phenoxy) is 1. The zero-order chi connectivity index (χ0) is 17.4. The van der Waals surface area contributed by atoms with Gasteiger partial charge in [0.15, 0.2) is 0 Å². The Morgan fingerprint density at radius 1 is 1.21 bits per heavy atom. The van der Waals surface area contributed by atoms with E-state index in [1.807, 2.05) is 30.3 Å². The van der Waals surface area contributed by atoms with E-state index in [1.54, 1.807) is 25.3 Å². The van der Waals surface area contributed by atoms with Crippen molar-refractivity contribution in [2.45, 2.75) is 0 Å². The number of methoxy groups -OCH3 is 1. The molecule has 2 rings (SSSR count). The van der Waals surface area contributed by atoms with Crippen LogP contribution in [0.2, 0.25) is 0 Å². The number of amides is 2.